The van der Waals surface area contributed by atoms with Gasteiger partial charge in [0.15, 0.2) is 0 Å². The van der Waals surface area contributed by atoms with Crippen LogP contribution in [-0.2, 0) is 19.4 Å². The molecule has 4 nitrogen and oxygen atoms in total. The van der Waals surface area contributed by atoms with E-state index in [0.29, 0.717) is 11.8 Å². The summed E-state index contributed by atoms with van der Waals surface area (Å²) in [5, 5.41) is 3.24. The van der Waals surface area contributed by atoms with Gasteiger partial charge >= 0.3 is 0 Å². The van der Waals surface area contributed by atoms with Crippen LogP contribution >= 0.6 is 27.3 Å². The van der Waals surface area contributed by atoms with Gasteiger partial charge in [-0.25, -0.2) is 4.98 Å². The lowest BCUT2D eigenvalue weighted by atomic mass is 10.2. The van der Waals surface area contributed by atoms with Crippen LogP contribution in [0.4, 0.5) is 5.95 Å². The van der Waals surface area contributed by atoms with Crippen molar-refractivity contribution in [2.45, 2.75) is 25.8 Å². The third-order valence-corrected chi connectivity index (χ3v) is 4.90. The standard InChI is InChI=1S/C13H14BrN3OS/c1-18-12-10(14)7-16-13(17-12)15-6-9-5-8-3-2-4-11(8)19-9/h5,7H,2-4,6H2,1H3,(H,15,16,17). The molecule has 0 atom stereocenters. The Bertz CT molecular complexity index is 578. The zero-order valence-electron chi connectivity index (χ0n) is 10.6. The molecule has 100 valence electrons. The van der Waals surface area contributed by atoms with Crippen molar-refractivity contribution in [1.29, 1.82) is 0 Å². The van der Waals surface area contributed by atoms with Crippen LogP contribution in [0.15, 0.2) is 16.7 Å². The monoisotopic (exact) mass is 339 g/mol. The van der Waals surface area contributed by atoms with E-state index >= 15 is 0 Å². The summed E-state index contributed by atoms with van der Waals surface area (Å²) in [6.07, 6.45) is 5.47. The van der Waals surface area contributed by atoms with E-state index in [1.165, 1.54) is 29.7 Å². The van der Waals surface area contributed by atoms with Crippen molar-refractivity contribution in [2.75, 3.05) is 12.4 Å². The van der Waals surface area contributed by atoms with Gasteiger partial charge in [-0.1, -0.05) is 0 Å². The summed E-state index contributed by atoms with van der Waals surface area (Å²) in [4.78, 5) is 11.4. The first-order valence-corrected chi connectivity index (χ1v) is 7.78. The van der Waals surface area contributed by atoms with Crippen molar-refractivity contribution < 1.29 is 4.74 Å². The molecule has 0 spiro atoms. The molecule has 2 heterocycles. The van der Waals surface area contributed by atoms with Crippen molar-refractivity contribution >= 4 is 33.2 Å². The molecule has 0 aliphatic heterocycles. The van der Waals surface area contributed by atoms with E-state index in [1.54, 1.807) is 18.2 Å². The van der Waals surface area contributed by atoms with E-state index in [9.17, 15) is 0 Å². The topological polar surface area (TPSA) is 47.0 Å². The Labute approximate surface area is 124 Å². The van der Waals surface area contributed by atoms with Crippen LogP contribution in [0.2, 0.25) is 0 Å². The molecule has 19 heavy (non-hydrogen) atoms. The number of ether oxygens (including phenoxy) is 1. The highest BCUT2D eigenvalue weighted by molar-refractivity contribution is 9.10. The Morgan fingerprint density at radius 3 is 3.16 bits per heavy atom. The number of nitrogens with one attached hydrogen (secondary N) is 1. The molecule has 0 radical (unpaired) electrons. The molecule has 0 aromatic carbocycles. The van der Waals surface area contributed by atoms with Crippen molar-refractivity contribution in [3.8, 4) is 5.88 Å². The number of thiophene rings is 1. The fourth-order valence-electron chi connectivity index (χ4n) is 2.22. The second-order valence-electron chi connectivity index (χ2n) is 4.42. The number of hydrogen-bond acceptors (Lipinski definition) is 5. The highest BCUT2D eigenvalue weighted by Gasteiger charge is 2.14. The lowest BCUT2D eigenvalue weighted by molar-refractivity contribution is 0.394. The fraction of sp³-hybridized carbons (Fsp3) is 0.385. The zero-order valence-corrected chi connectivity index (χ0v) is 13.0. The number of aryl methyl sites for hydroxylation is 2. The lowest BCUT2D eigenvalue weighted by Crippen LogP contribution is -2.03. The smallest absolute Gasteiger partial charge is 0.232 e. The maximum atomic E-state index is 5.15. The van der Waals surface area contributed by atoms with Gasteiger partial charge in [-0.15, -0.1) is 11.3 Å². The Morgan fingerprint density at radius 2 is 2.37 bits per heavy atom. The maximum absolute atomic E-state index is 5.15. The van der Waals surface area contributed by atoms with E-state index in [2.05, 4.69) is 37.3 Å². The molecule has 0 unspecified atom stereocenters. The maximum Gasteiger partial charge on any atom is 0.232 e. The summed E-state index contributed by atoms with van der Waals surface area (Å²) in [7, 11) is 1.60. The summed E-state index contributed by atoms with van der Waals surface area (Å²) in [6.45, 7) is 0.766. The molecule has 0 amide bonds. The molecule has 1 aliphatic rings. The molecule has 0 saturated heterocycles. The highest BCUT2D eigenvalue weighted by atomic mass is 79.9. The average molecular weight is 340 g/mol. The molecule has 0 saturated carbocycles. The third kappa shape index (κ3) is 2.74. The molecule has 2 aromatic heterocycles. The van der Waals surface area contributed by atoms with Crippen LogP contribution in [0.1, 0.15) is 21.7 Å². The Balaban J connectivity index is 1.68. The Morgan fingerprint density at radius 1 is 1.47 bits per heavy atom. The number of aromatic nitrogens is 2. The first kappa shape index (κ1) is 12.9. The van der Waals surface area contributed by atoms with Gasteiger partial charge in [-0.2, -0.15) is 4.98 Å². The number of halogens is 1. The SMILES string of the molecule is COc1nc(NCc2cc3c(s2)CCC3)ncc1Br. The van der Waals surface area contributed by atoms with Crippen LogP contribution in [0.25, 0.3) is 0 Å². The van der Waals surface area contributed by atoms with E-state index in [4.69, 9.17) is 4.74 Å². The van der Waals surface area contributed by atoms with Gasteiger partial charge in [0.1, 0.15) is 0 Å². The van der Waals surface area contributed by atoms with E-state index in [1.807, 2.05) is 11.3 Å². The minimum atomic E-state index is 0.547. The highest BCUT2D eigenvalue weighted by Crippen LogP contribution is 2.31. The number of anilines is 1. The molecule has 1 N–H and O–H groups in total. The molecule has 0 fully saturated rings. The largest absolute Gasteiger partial charge is 0.480 e. The second-order valence-corrected chi connectivity index (χ2v) is 6.49. The van der Waals surface area contributed by atoms with E-state index in [-0.39, 0.29) is 0 Å². The lowest BCUT2D eigenvalue weighted by Gasteiger charge is -2.06. The van der Waals surface area contributed by atoms with E-state index in [0.717, 1.165) is 11.0 Å². The minimum absolute atomic E-state index is 0.547. The van der Waals surface area contributed by atoms with Gasteiger partial charge < -0.3 is 10.1 Å². The van der Waals surface area contributed by atoms with Crippen LogP contribution in [0.5, 0.6) is 5.88 Å². The number of methoxy groups -OCH3 is 1. The minimum Gasteiger partial charge on any atom is -0.480 e. The second kappa shape index (κ2) is 5.46. The Kier molecular flexibility index (Phi) is 3.70. The number of fused-ring (bicyclic) bond motifs is 1. The zero-order chi connectivity index (χ0) is 13.2. The first-order valence-electron chi connectivity index (χ1n) is 6.17. The molecular formula is C13H14BrN3OS. The predicted molar refractivity (Wildman–Crippen MR) is 80.0 cm³/mol. The molecular weight excluding hydrogens is 326 g/mol. The number of nitrogens with zero attached hydrogens (tertiary/aromatic N) is 2. The van der Waals surface area contributed by atoms with Gasteiger partial charge in [-0.05, 0) is 46.8 Å². The summed E-state index contributed by atoms with van der Waals surface area (Å²) >= 11 is 5.24. The fourth-order valence-corrected chi connectivity index (χ4v) is 3.78. The van der Waals surface area contributed by atoms with Gasteiger partial charge in [0, 0.05) is 9.75 Å². The quantitative estimate of drug-likeness (QED) is 0.927. The summed E-state index contributed by atoms with van der Waals surface area (Å²) < 4.78 is 5.91. The van der Waals surface area contributed by atoms with E-state index < -0.39 is 0 Å². The summed E-state index contributed by atoms with van der Waals surface area (Å²) in [5.41, 5.74) is 1.52. The van der Waals surface area contributed by atoms with Gasteiger partial charge in [0.25, 0.3) is 0 Å². The average Bonchev–Trinajstić information content (AvgIpc) is 2.98. The summed E-state index contributed by atoms with van der Waals surface area (Å²) in [6, 6.07) is 2.30. The van der Waals surface area contributed by atoms with Crippen LogP contribution < -0.4 is 10.1 Å². The van der Waals surface area contributed by atoms with Crippen molar-refractivity contribution in [2.24, 2.45) is 0 Å². The normalized spacial score (nSPS) is 13.4. The molecule has 0 bridgehead atoms. The first-order chi connectivity index (χ1) is 9.26. The third-order valence-electron chi connectivity index (χ3n) is 3.12. The van der Waals surface area contributed by atoms with Gasteiger partial charge in [0.05, 0.1) is 24.3 Å². The van der Waals surface area contributed by atoms with Gasteiger partial charge in [-0.3, -0.25) is 0 Å². The molecule has 3 rings (SSSR count). The molecule has 2 aromatic rings. The molecule has 6 heteroatoms. The van der Waals surface area contributed by atoms with Crippen molar-refractivity contribution in [3.05, 3.63) is 32.1 Å². The predicted octanol–water partition coefficient (Wildman–Crippen LogP) is 3.41. The molecule has 1 aliphatic carbocycles. The number of hydrogen-bond donors (Lipinski definition) is 1. The summed E-state index contributed by atoms with van der Waals surface area (Å²) in [5.74, 6) is 1.14. The van der Waals surface area contributed by atoms with Crippen molar-refractivity contribution in [1.82, 2.24) is 9.97 Å². The van der Waals surface area contributed by atoms with Crippen molar-refractivity contribution in [3.63, 3.8) is 0 Å². The van der Waals surface area contributed by atoms with Crippen LogP contribution in [0.3, 0.4) is 0 Å². The number of rotatable bonds is 4. The van der Waals surface area contributed by atoms with Crippen LogP contribution in [0, 0.1) is 0 Å². The van der Waals surface area contributed by atoms with Crippen LogP contribution in [-0.4, -0.2) is 17.1 Å². The Hall–Kier alpha value is -1.14. The van der Waals surface area contributed by atoms with Gasteiger partial charge in [0.2, 0.25) is 11.8 Å².